The Kier molecular flexibility index (Phi) is 4.98. The van der Waals surface area contributed by atoms with Gasteiger partial charge in [0.15, 0.2) is 0 Å². The molecule has 0 saturated heterocycles. The Morgan fingerprint density at radius 1 is 1.19 bits per heavy atom. The number of fused-ring (bicyclic) bond motifs is 4. The fraction of sp³-hybridized carbons (Fsp3) is 0.208. The maximum absolute atomic E-state index is 13.1. The summed E-state index contributed by atoms with van der Waals surface area (Å²) in [5, 5.41) is 10.6. The van der Waals surface area contributed by atoms with Gasteiger partial charge in [0.25, 0.3) is 5.56 Å². The molecule has 2 N–H and O–H groups in total. The Labute approximate surface area is 188 Å². The molecule has 32 heavy (non-hydrogen) atoms. The van der Waals surface area contributed by atoms with Gasteiger partial charge in [-0.3, -0.25) is 9.59 Å². The number of benzene rings is 2. The number of aryl methyl sites for hydroxylation is 1. The number of carbonyl (C=O) groups excluding carboxylic acids is 1. The summed E-state index contributed by atoms with van der Waals surface area (Å²) in [5.74, 6) is -0.149. The van der Waals surface area contributed by atoms with Crippen molar-refractivity contribution in [1.29, 1.82) is 0 Å². The second kappa shape index (κ2) is 7.84. The Morgan fingerprint density at radius 3 is 2.84 bits per heavy atom. The molecule has 0 radical (unpaired) electrons. The van der Waals surface area contributed by atoms with E-state index in [1.165, 1.54) is 4.68 Å². The second-order valence-electron chi connectivity index (χ2n) is 7.94. The largest absolute Gasteiger partial charge is 0.361 e. The molecule has 1 amide bonds. The number of amides is 1. The quantitative estimate of drug-likeness (QED) is 0.428. The summed E-state index contributed by atoms with van der Waals surface area (Å²) in [6, 6.07) is 12.8. The van der Waals surface area contributed by atoms with E-state index >= 15 is 0 Å². The molecule has 3 aromatic heterocycles. The number of rotatable bonds is 5. The lowest BCUT2D eigenvalue weighted by atomic mass is 10.1. The molecule has 0 spiro atoms. The average molecular weight is 448 g/mol. The monoisotopic (exact) mass is 447 g/mol. The summed E-state index contributed by atoms with van der Waals surface area (Å²) < 4.78 is 3.11. The van der Waals surface area contributed by atoms with E-state index in [9.17, 15) is 9.59 Å². The Hall–Kier alpha value is -3.58. The molecule has 1 unspecified atom stereocenters. The van der Waals surface area contributed by atoms with Crippen molar-refractivity contribution in [1.82, 2.24) is 24.6 Å². The van der Waals surface area contributed by atoms with Crippen molar-refractivity contribution < 1.29 is 4.79 Å². The van der Waals surface area contributed by atoms with E-state index in [0.29, 0.717) is 23.5 Å². The van der Waals surface area contributed by atoms with E-state index in [4.69, 9.17) is 11.6 Å². The second-order valence-corrected chi connectivity index (χ2v) is 8.38. The third-order valence-electron chi connectivity index (χ3n) is 6.00. The van der Waals surface area contributed by atoms with Crippen LogP contribution in [0.2, 0.25) is 5.02 Å². The molecule has 1 atom stereocenters. The van der Waals surface area contributed by atoms with Gasteiger partial charge < -0.3 is 14.9 Å². The first-order chi connectivity index (χ1) is 15.5. The molecule has 7 nitrogen and oxygen atoms in total. The number of nitrogens with one attached hydrogen (secondary N) is 2. The number of para-hydroxylation sites is 1. The number of carbonyl (C=O) groups is 1. The summed E-state index contributed by atoms with van der Waals surface area (Å²) in [6.45, 7) is 2.28. The van der Waals surface area contributed by atoms with Crippen LogP contribution in [-0.2, 0) is 18.3 Å². The minimum Gasteiger partial charge on any atom is -0.361 e. The summed E-state index contributed by atoms with van der Waals surface area (Å²) in [6.07, 6.45) is 4.29. The van der Waals surface area contributed by atoms with Gasteiger partial charge in [-0.15, -0.1) is 0 Å². The van der Waals surface area contributed by atoms with Gasteiger partial charge in [0, 0.05) is 46.5 Å². The topological polar surface area (TPSA) is 84.7 Å². The molecule has 5 rings (SSSR count). The number of aromatic amines is 1. The van der Waals surface area contributed by atoms with Crippen LogP contribution in [-0.4, -0.2) is 31.8 Å². The molecule has 0 saturated carbocycles. The minimum atomic E-state index is -0.565. The zero-order valence-electron chi connectivity index (χ0n) is 17.7. The van der Waals surface area contributed by atoms with E-state index in [1.54, 1.807) is 13.2 Å². The molecular weight excluding hydrogens is 426 g/mol. The van der Waals surface area contributed by atoms with Crippen LogP contribution >= 0.6 is 11.6 Å². The van der Waals surface area contributed by atoms with Gasteiger partial charge in [-0.05, 0) is 43.2 Å². The van der Waals surface area contributed by atoms with E-state index in [1.807, 2.05) is 60.2 Å². The van der Waals surface area contributed by atoms with E-state index in [2.05, 4.69) is 15.4 Å². The van der Waals surface area contributed by atoms with Crippen LogP contribution in [0.5, 0.6) is 0 Å². The Bertz CT molecular complexity index is 1550. The Morgan fingerprint density at radius 2 is 2.00 bits per heavy atom. The number of halogens is 1. The van der Waals surface area contributed by atoms with Crippen LogP contribution in [0.3, 0.4) is 0 Å². The number of nitrogens with zero attached hydrogens (tertiary/aromatic N) is 3. The highest BCUT2D eigenvalue weighted by atomic mass is 35.5. The number of hydrogen-bond acceptors (Lipinski definition) is 3. The van der Waals surface area contributed by atoms with Crippen LogP contribution in [0, 0.1) is 0 Å². The molecule has 0 aliphatic heterocycles. The Balaban J connectivity index is 1.43. The SMILES string of the molecule is CC(C(=O)NCCc1c[nH]c2ccc(Cl)cc12)n1c2ccccc2c2cnn(C)c(=O)c21. The predicted molar refractivity (Wildman–Crippen MR) is 127 cm³/mol. The van der Waals surface area contributed by atoms with Crippen molar-refractivity contribution in [3.8, 4) is 0 Å². The fourth-order valence-corrected chi connectivity index (χ4v) is 4.51. The maximum atomic E-state index is 13.1. The van der Waals surface area contributed by atoms with Gasteiger partial charge in [0.1, 0.15) is 11.6 Å². The summed E-state index contributed by atoms with van der Waals surface area (Å²) in [5.41, 5.74) is 3.19. The molecule has 0 fully saturated rings. The number of aromatic nitrogens is 4. The first-order valence-electron chi connectivity index (χ1n) is 10.4. The molecule has 8 heteroatoms. The summed E-state index contributed by atoms with van der Waals surface area (Å²) in [7, 11) is 1.61. The number of hydrogen-bond donors (Lipinski definition) is 2. The minimum absolute atomic E-state index is 0.149. The van der Waals surface area contributed by atoms with Gasteiger partial charge in [0.05, 0.1) is 11.7 Å². The normalized spacial score (nSPS) is 12.6. The van der Waals surface area contributed by atoms with Crippen LogP contribution in [0.1, 0.15) is 18.5 Å². The zero-order valence-corrected chi connectivity index (χ0v) is 18.5. The van der Waals surface area contributed by atoms with Crippen molar-refractivity contribution in [2.45, 2.75) is 19.4 Å². The number of H-pyrrole nitrogens is 1. The van der Waals surface area contributed by atoms with Gasteiger partial charge in [0.2, 0.25) is 5.91 Å². The van der Waals surface area contributed by atoms with E-state index in [-0.39, 0.29) is 11.5 Å². The van der Waals surface area contributed by atoms with Crippen LogP contribution in [0.15, 0.2) is 59.7 Å². The van der Waals surface area contributed by atoms with Crippen LogP contribution in [0.4, 0.5) is 0 Å². The van der Waals surface area contributed by atoms with Crippen molar-refractivity contribution >= 4 is 50.2 Å². The zero-order chi connectivity index (χ0) is 22.4. The molecule has 3 heterocycles. The van der Waals surface area contributed by atoms with Gasteiger partial charge in [-0.2, -0.15) is 5.10 Å². The molecule has 0 aliphatic rings. The molecule has 2 aromatic carbocycles. The van der Waals surface area contributed by atoms with Crippen molar-refractivity contribution in [3.63, 3.8) is 0 Å². The van der Waals surface area contributed by atoms with Gasteiger partial charge in [-0.1, -0.05) is 29.8 Å². The van der Waals surface area contributed by atoms with Gasteiger partial charge >= 0.3 is 0 Å². The maximum Gasteiger partial charge on any atom is 0.291 e. The fourth-order valence-electron chi connectivity index (χ4n) is 4.33. The van der Waals surface area contributed by atoms with Crippen molar-refractivity contribution in [3.05, 3.63) is 75.8 Å². The lowest BCUT2D eigenvalue weighted by Gasteiger charge is -2.16. The lowest BCUT2D eigenvalue weighted by molar-refractivity contribution is -0.123. The summed E-state index contributed by atoms with van der Waals surface area (Å²) >= 11 is 6.13. The smallest absolute Gasteiger partial charge is 0.291 e. The third-order valence-corrected chi connectivity index (χ3v) is 6.23. The highest BCUT2D eigenvalue weighted by Crippen LogP contribution is 2.29. The predicted octanol–water partition coefficient (Wildman–Crippen LogP) is 3.94. The molecule has 5 aromatic rings. The molecule has 0 aliphatic carbocycles. The van der Waals surface area contributed by atoms with Crippen LogP contribution in [0.25, 0.3) is 32.7 Å². The lowest BCUT2D eigenvalue weighted by Crippen LogP contribution is -2.33. The average Bonchev–Trinajstić information content (AvgIpc) is 3.34. The standard InChI is InChI=1S/C24H22ClN5O2/c1-14(23(31)26-10-9-15-12-27-20-8-7-16(25)11-18(15)20)30-21-6-4-3-5-17(21)19-13-28-29(2)24(32)22(19)30/h3-8,11-14,27H,9-10H2,1-2H3,(H,26,31). The highest BCUT2D eigenvalue weighted by Gasteiger charge is 2.23. The highest BCUT2D eigenvalue weighted by molar-refractivity contribution is 6.31. The summed E-state index contributed by atoms with van der Waals surface area (Å²) in [4.78, 5) is 29.2. The van der Waals surface area contributed by atoms with Crippen molar-refractivity contribution in [2.75, 3.05) is 6.54 Å². The van der Waals surface area contributed by atoms with Gasteiger partial charge in [-0.25, -0.2) is 4.68 Å². The van der Waals surface area contributed by atoms with E-state index < -0.39 is 6.04 Å². The molecule has 162 valence electrons. The first kappa shape index (κ1) is 20.3. The van der Waals surface area contributed by atoms with Crippen LogP contribution < -0.4 is 10.9 Å². The molecule has 0 bridgehead atoms. The van der Waals surface area contributed by atoms with Crippen molar-refractivity contribution in [2.24, 2.45) is 7.05 Å². The van der Waals surface area contributed by atoms with E-state index in [0.717, 1.165) is 32.8 Å². The first-order valence-corrected chi connectivity index (χ1v) is 10.8. The molecular formula is C24H22ClN5O2. The third kappa shape index (κ3) is 3.26.